The lowest BCUT2D eigenvalue weighted by Gasteiger charge is -2.22. The third-order valence-electron chi connectivity index (χ3n) is 2.74. The van der Waals surface area contributed by atoms with Gasteiger partial charge in [0.15, 0.2) is 0 Å². The van der Waals surface area contributed by atoms with E-state index in [1.165, 1.54) is 0 Å². The van der Waals surface area contributed by atoms with E-state index >= 15 is 0 Å². The van der Waals surface area contributed by atoms with Crippen LogP contribution in [0.25, 0.3) is 0 Å². The second kappa shape index (κ2) is 4.97. The van der Waals surface area contributed by atoms with Crippen LogP contribution in [0, 0.1) is 25.7 Å². The number of carboxylic acids is 1. The first kappa shape index (κ1) is 13.2. The van der Waals surface area contributed by atoms with E-state index in [9.17, 15) is 9.90 Å². The van der Waals surface area contributed by atoms with Crippen molar-refractivity contribution in [3.63, 3.8) is 0 Å². The lowest BCUT2D eigenvalue weighted by atomic mass is 9.87. The molecule has 4 heteroatoms. The Labute approximate surface area is 99.7 Å². The summed E-state index contributed by atoms with van der Waals surface area (Å²) in [4.78, 5) is 13.2. The maximum Gasteiger partial charge on any atom is 0.309 e. The lowest BCUT2D eigenvalue weighted by Crippen LogP contribution is -2.27. The normalized spacial score (nSPS) is 15.1. The molecule has 0 fully saturated rings. The van der Waals surface area contributed by atoms with E-state index in [0.717, 1.165) is 15.3 Å². The van der Waals surface area contributed by atoms with Gasteiger partial charge in [-0.05, 0) is 31.4 Å². The molecule has 90 valence electrons. The largest absolute Gasteiger partial charge is 0.481 e. The maximum absolute atomic E-state index is 11.1. The van der Waals surface area contributed by atoms with Gasteiger partial charge in [-0.1, -0.05) is 13.8 Å². The van der Waals surface area contributed by atoms with E-state index in [-0.39, 0.29) is 5.92 Å². The van der Waals surface area contributed by atoms with Gasteiger partial charge in [-0.25, -0.2) is 0 Å². The van der Waals surface area contributed by atoms with Crippen molar-refractivity contribution in [2.24, 2.45) is 11.8 Å². The molecular formula is C12H18O3S. The van der Waals surface area contributed by atoms with Gasteiger partial charge in [0.05, 0.1) is 12.0 Å². The Hall–Kier alpha value is -0.870. The second-order valence-electron chi connectivity index (χ2n) is 4.42. The Balaban J connectivity index is 3.03. The molecule has 0 aliphatic rings. The van der Waals surface area contributed by atoms with E-state index < -0.39 is 18.0 Å². The molecule has 3 nitrogen and oxygen atoms in total. The fraction of sp³-hybridized carbons (Fsp3) is 0.583. The summed E-state index contributed by atoms with van der Waals surface area (Å²) in [5.41, 5.74) is 0.753. The van der Waals surface area contributed by atoms with Gasteiger partial charge in [0.25, 0.3) is 0 Å². The zero-order valence-electron chi connectivity index (χ0n) is 10.0. The van der Waals surface area contributed by atoms with Gasteiger partial charge in [0, 0.05) is 9.75 Å². The highest BCUT2D eigenvalue weighted by Gasteiger charge is 2.32. The first-order chi connectivity index (χ1) is 7.34. The number of carbonyl (C=O) groups is 1. The molecule has 1 heterocycles. The Morgan fingerprint density at radius 2 is 1.94 bits per heavy atom. The van der Waals surface area contributed by atoms with Crippen LogP contribution in [0.4, 0.5) is 0 Å². The molecule has 2 atom stereocenters. The molecule has 16 heavy (non-hydrogen) atoms. The standard InChI is InChI=1S/C12H18O3S/c1-6(2)10(12(14)15)11(13)9-5-7(3)16-8(9)4/h5-6,10-11,13H,1-4H3,(H,14,15). The molecule has 0 spiro atoms. The number of rotatable bonds is 4. The smallest absolute Gasteiger partial charge is 0.309 e. The van der Waals surface area contributed by atoms with Crippen LogP contribution in [-0.2, 0) is 4.79 Å². The summed E-state index contributed by atoms with van der Waals surface area (Å²) < 4.78 is 0. The Bertz CT molecular complexity index is 382. The average molecular weight is 242 g/mol. The first-order valence-corrected chi connectivity index (χ1v) is 6.14. The fourth-order valence-electron chi connectivity index (χ4n) is 1.92. The van der Waals surface area contributed by atoms with Crippen molar-refractivity contribution in [1.29, 1.82) is 0 Å². The van der Waals surface area contributed by atoms with Gasteiger partial charge in [0.2, 0.25) is 0 Å². The van der Waals surface area contributed by atoms with E-state index in [1.54, 1.807) is 11.3 Å². The van der Waals surface area contributed by atoms with Crippen molar-refractivity contribution in [2.45, 2.75) is 33.8 Å². The van der Waals surface area contributed by atoms with Crippen molar-refractivity contribution in [3.8, 4) is 0 Å². The summed E-state index contributed by atoms with van der Waals surface area (Å²) in [5, 5.41) is 19.3. The Morgan fingerprint density at radius 1 is 1.38 bits per heavy atom. The van der Waals surface area contributed by atoms with Crippen LogP contribution >= 0.6 is 11.3 Å². The summed E-state index contributed by atoms with van der Waals surface area (Å²) in [7, 11) is 0. The average Bonchev–Trinajstić information content (AvgIpc) is 2.43. The minimum Gasteiger partial charge on any atom is -0.481 e. The number of thiophene rings is 1. The van der Waals surface area contributed by atoms with Crippen LogP contribution in [0.2, 0.25) is 0 Å². The molecule has 0 amide bonds. The van der Waals surface area contributed by atoms with Crippen LogP contribution in [-0.4, -0.2) is 16.2 Å². The van der Waals surface area contributed by atoms with Crippen LogP contribution in [0.15, 0.2) is 6.07 Å². The third kappa shape index (κ3) is 2.62. The fourth-order valence-corrected chi connectivity index (χ4v) is 2.89. The number of aliphatic hydroxyl groups excluding tert-OH is 1. The number of aliphatic carboxylic acids is 1. The van der Waals surface area contributed by atoms with Crippen molar-refractivity contribution in [2.75, 3.05) is 0 Å². The summed E-state index contributed by atoms with van der Waals surface area (Å²) in [5.74, 6) is -1.77. The summed E-state index contributed by atoms with van der Waals surface area (Å²) in [6, 6.07) is 1.88. The molecule has 0 bridgehead atoms. The van der Waals surface area contributed by atoms with Gasteiger partial charge in [-0.2, -0.15) is 0 Å². The van der Waals surface area contributed by atoms with E-state index in [0.29, 0.717) is 0 Å². The lowest BCUT2D eigenvalue weighted by molar-refractivity contribution is -0.148. The molecule has 1 aromatic heterocycles. The van der Waals surface area contributed by atoms with Crippen LogP contribution in [0.5, 0.6) is 0 Å². The molecule has 2 unspecified atom stereocenters. The zero-order valence-corrected chi connectivity index (χ0v) is 10.8. The highest BCUT2D eigenvalue weighted by atomic mass is 32.1. The number of aliphatic hydroxyl groups is 1. The third-order valence-corrected chi connectivity index (χ3v) is 3.72. The quantitative estimate of drug-likeness (QED) is 0.853. The molecule has 0 aromatic carbocycles. The van der Waals surface area contributed by atoms with Gasteiger partial charge >= 0.3 is 5.97 Å². The monoisotopic (exact) mass is 242 g/mol. The molecule has 0 aliphatic carbocycles. The summed E-state index contributed by atoms with van der Waals surface area (Å²) >= 11 is 1.59. The summed E-state index contributed by atoms with van der Waals surface area (Å²) in [6.07, 6.45) is -0.914. The Kier molecular flexibility index (Phi) is 4.10. The van der Waals surface area contributed by atoms with Crippen molar-refractivity contribution >= 4 is 17.3 Å². The van der Waals surface area contributed by atoms with Crippen LogP contribution in [0.3, 0.4) is 0 Å². The SMILES string of the molecule is Cc1cc(C(O)C(C(=O)O)C(C)C)c(C)s1. The first-order valence-electron chi connectivity index (χ1n) is 5.32. The molecule has 0 radical (unpaired) electrons. The topological polar surface area (TPSA) is 57.5 Å². The summed E-state index contributed by atoms with van der Waals surface area (Å²) in [6.45, 7) is 7.50. The minimum absolute atomic E-state index is 0.0906. The maximum atomic E-state index is 11.1. The zero-order chi connectivity index (χ0) is 12.5. The number of hydrogen-bond acceptors (Lipinski definition) is 3. The molecule has 2 N–H and O–H groups in total. The predicted octanol–water partition coefficient (Wildman–Crippen LogP) is 2.76. The van der Waals surface area contributed by atoms with E-state index in [4.69, 9.17) is 5.11 Å². The van der Waals surface area contributed by atoms with Crippen molar-refractivity contribution in [3.05, 3.63) is 21.4 Å². The second-order valence-corrected chi connectivity index (χ2v) is 5.88. The van der Waals surface area contributed by atoms with Gasteiger partial charge in [-0.3, -0.25) is 4.79 Å². The number of aryl methyl sites for hydroxylation is 2. The Morgan fingerprint density at radius 3 is 2.25 bits per heavy atom. The molecule has 0 aliphatic heterocycles. The van der Waals surface area contributed by atoms with Crippen molar-refractivity contribution < 1.29 is 15.0 Å². The van der Waals surface area contributed by atoms with Gasteiger partial charge < -0.3 is 10.2 Å². The number of carboxylic acid groups (broad SMARTS) is 1. The van der Waals surface area contributed by atoms with Crippen LogP contribution in [0.1, 0.15) is 35.3 Å². The van der Waals surface area contributed by atoms with Gasteiger partial charge in [0.1, 0.15) is 0 Å². The van der Waals surface area contributed by atoms with Crippen molar-refractivity contribution in [1.82, 2.24) is 0 Å². The molecule has 1 rings (SSSR count). The highest BCUT2D eigenvalue weighted by Crippen LogP contribution is 2.34. The molecule has 0 saturated heterocycles. The van der Waals surface area contributed by atoms with Gasteiger partial charge in [-0.15, -0.1) is 11.3 Å². The minimum atomic E-state index is -0.939. The molecular weight excluding hydrogens is 224 g/mol. The predicted molar refractivity (Wildman–Crippen MR) is 64.7 cm³/mol. The number of hydrogen-bond donors (Lipinski definition) is 2. The molecule has 0 saturated carbocycles. The van der Waals surface area contributed by atoms with Crippen LogP contribution < -0.4 is 0 Å². The highest BCUT2D eigenvalue weighted by molar-refractivity contribution is 7.12. The van der Waals surface area contributed by atoms with E-state index in [1.807, 2.05) is 33.8 Å². The van der Waals surface area contributed by atoms with E-state index in [2.05, 4.69) is 0 Å². The molecule has 1 aromatic rings.